The number of nitrogens with zero attached hydrogens (tertiary/aromatic N) is 4. The van der Waals surface area contributed by atoms with Gasteiger partial charge >= 0.3 is 5.95 Å². The summed E-state index contributed by atoms with van der Waals surface area (Å²) in [5, 5.41) is 13.8. The van der Waals surface area contributed by atoms with E-state index < -0.39 is 4.92 Å². The Bertz CT molecular complexity index is 280. The summed E-state index contributed by atoms with van der Waals surface area (Å²) in [6, 6.07) is 0. The molecule has 1 aromatic heterocycles. The van der Waals surface area contributed by atoms with Crippen LogP contribution in [0, 0.1) is 10.1 Å². The third-order valence-electron chi connectivity index (χ3n) is 1.06. The van der Waals surface area contributed by atoms with Crippen molar-refractivity contribution in [1.82, 2.24) is 14.8 Å². The van der Waals surface area contributed by atoms with Crippen LogP contribution in [0.3, 0.4) is 0 Å². The molecule has 0 aliphatic carbocycles. The van der Waals surface area contributed by atoms with Gasteiger partial charge in [0.1, 0.15) is 6.54 Å². The lowest BCUT2D eigenvalue weighted by molar-refractivity contribution is -0.397. The van der Waals surface area contributed by atoms with Crippen LogP contribution in [0.4, 0.5) is 5.95 Å². The van der Waals surface area contributed by atoms with Crippen molar-refractivity contribution in [1.29, 1.82) is 0 Å². The Hall–Kier alpha value is -1.72. The minimum atomic E-state index is -0.587. The van der Waals surface area contributed by atoms with Crippen molar-refractivity contribution in [3.05, 3.63) is 29.1 Å². The maximum Gasteiger partial charge on any atom is 0.455 e. The summed E-state index contributed by atoms with van der Waals surface area (Å²) in [5.41, 5.74) is 0. The monoisotopic (exact) mass is 154 g/mol. The second kappa shape index (κ2) is 2.91. The fraction of sp³-hybridized carbons (Fsp3) is 0.200. The fourth-order valence-electron chi connectivity index (χ4n) is 0.651. The summed E-state index contributed by atoms with van der Waals surface area (Å²) >= 11 is 0. The molecule has 0 spiro atoms. The Morgan fingerprint density at radius 1 is 1.91 bits per heavy atom. The van der Waals surface area contributed by atoms with Gasteiger partial charge in [-0.05, 0) is 4.92 Å². The van der Waals surface area contributed by atoms with Crippen molar-refractivity contribution in [2.24, 2.45) is 0 Å². The topological polar surface area (TPSA) is 73.8 Å². The molecule has 0 bridgehead atoms. The van der Waals surface area contributed by atoms with E-state index in [0.29, 0.717) is 6.54 Å². The molecule has 6 nitrogen and oxygen atoms in total. The zero-order valence-electron chi connectivity index (χ0n) is 5.67. The van der Waals surface area contributed by atoms with Gasteiger partial charge < -0.3 is 10.1 Å². The van der Waals surface area contributed by atoms with E-state index in [1.165, 1.54) is 6.08 Å². The third kappa shape index (κ3) is 1.40. The van der Waals surface area contributed by atoms with E-state index >= 15 is 0 Å². The molecule has 0 radical (unpaired) electrons. The summed E-state index contributed by atoms with van der Waals surface area (Å²) in [4.78, 5) is 13.1. The molecular weight excluding hydrogens is 148 g/mol. The fourth-order valence-corrected chi connectivity index (χ4v) is 0.651. The molecule has 0 aliphatic rings. The van der Waals surface area contributed by atoms with E-state index in [2.05, 4.69) is 16.7 Å². The van der Waals surface area contributed by atoms with Gasteiger partial charge in [-0.15, -0.1) is 4.68 Å². The highest BCUT2D eigenvalue weighted by Gasteiger charge is 2.13. The molecule has 0 saturated carbocycles. The lowest BCUT2D eigenvalue weighted by Gasteiger charge is -1.92. The maximum atomic E-state index is 10.2. The SMILES string of the molecule is C=CCn1ncnc1[N+](=O)[O-]. The van der Waals surface area contributed by atoms with Crippen molar-refractivity contribution in [2.75, 3.05) is 0 Å². The van der Waals surface area contributed by atoms with Crippen LogP contribution in [-0.4, -0.2) is 19.7 Å². The van der Waals surface area contributed by atoms with Crippen molar-refractivity contribution >= 4 is 5.95 Å². The van der Waals surface area contributed by atoms with Crippen molar-refractivity contribution in [3.8, 4) is 0 Å². The van der Waals surface area contributed by atoms with Crippen molar-refractivity contribution < 1.29 is 4.92 Å². The Morgan fingerprint density at radius 2 is 2.64 bits per heavy atom. The molecule has 6 heteroatoms. The third-order valence-corrected chi connectivity index (χ3v) is 1.06. The molecule has 1 aromatic rings. The van der Waals surface area contributed by atoms with E-state index in [-0.39, 0.29) is 5.95 Å². The number of rotatable bonds is 3. The second-order valence-electron chi connectivity index (χ2n) is 1.79. The first-order valence-corrected chi connectivity index (χ1v) is 2.89. The average molecular weight is 154 g/mol. The van der Waals surface area contributed by atoms with Crippen molar-refractivity contribution in [3.63, 3.8) is 0 Å². The summed E-state index contributed by atoms with van der Waals surface area (Å²) in [5.74, 6) is -0.259. The first kappa shape index (κ1) is 7.39. The molecule has 0 saturated heterocycles. The van der Waals surface area contributed by atoms with Crippen LogP contribution in [0.15, 0.2) is 19.0 Å². The van der Waals surface area contributed by atoms with E-state index in [0.717, 1.165) is 11.0 Å². The van der Waals surface area contributed by atoms with Crippen LogP contribution < -0.4 is 0 Å². The van der Waals surface area contributed by atoms with Crippen LogP contribution in [-0.2, 0) is 6.54 Å². The molecule has 58 valence electrons. The quantitative estimate of drug-likeness (QED) is 0.358. The molecular formula is C5H6N4O2. The van der Waals surface area contributed by atoms with Gasteiger partial charge in [-0.2, -0.15) is 0 Å². The van der Waals surface area contributed by atoms with Crippen LogP contribution in [0.1, 0.15) is 0 Å². The minimum absolute atomic E-state index is 0.259. The predicted octanol–water partition coefficient (Wildman–Crippen LogP) is 0.372. The Morgan fingerprint density at radius 3 is 3.18 bits per heavy atom. The normalized spacial score (nSPS) is 9.45. The highest BCUT2D eigenvalue weighted by atomic mass is 16.6. The second-order valence-corrected chi connectivity index (χ2v) is 1.79. The van der Waals surface area contributed by atoms with Gasteiger partial charge in [0.25, 0.3) is 0 Å². The Kier molecular flexibility index (Phi) is 1.95. The number of nitro groups is 1. The molecule has 0 atom stereocenters. The Balaban J connectivity index is 2.95. The lowest BCUT2D eigenvalue weighted by atomic mass is 10.6. The van der Waals surface area contributed by atoms with Crippen LogP contribution >= 0.6 is 0 Å². The van der Waals surface area contributed by atoms with E-state index in [1.807, 2.05) is 0 Å². The first-order chi connectivity index (χ1) is 5.25. The standard InChI is InChI=1S/C5H6N4O2/c1-2-3-8-5(9(10)11)6-4-7-8/h2,4H,1,3H2. The summed E-state index contributed by atoms with van der Waals surface area (Å²) in [6.45, 7) is 3.73. The van der Waals surface area contributed by atoms with Crippen LogP contribution in [0.25, 0.3) is 0 Å². The molecule has 1 heterocycles. The summed E-state index contributed by atoms with van der Waals surface area (Å²) in [6.07, 6.45) is 2.66. The number of allylic oxidation sites excluding steroid dienone is 1. The van der Waals surface area contributed by atoms with Crippen LogP contribution in [0.5, 0.6) is 0 Å². The van der Waals surface area contributed by atoms with Crippen LogP contribution in [0.2, 0.25) is 0 Å². The van der Waals surface area contributed by atoms with E-state index in [9.17, 15) is 10.1 Å². The maximum absolute atomic E-state index is 10.2. The largest absolute Gasteiger partial charge is 0.455 e. The molecule has 1 rings (SSSR count). The molecule has 0 fully saturated rings. The van der Waals surface area contributed by atoms with E-state index in [4.69, 9.17) is 0 Å². The van der Waals surface area contributed by atoms with Gasteiger partial charge in [-0.25, -0.2) is 0 Å². The predicted molar refractivity (Wildman–Crippen MR) is 36.9 cm³/mol. The lowest BCUT2D eigenvalue weighted by Crippen LogP contribution is -2.03. The van der Waals surface area contributed by atoms with Gasteiger partial charge in [-0.3, -0.25) is 0 Å². The van der Waals surface area contributed by atoms with Gasteiger partial charge in [0, 0.05) is 0 Å². The number of aromatic nitrogens is 3. The average Bonchev–Trinajstić information content (AvgIpc) is 2.36. The van der Waals surface area contributed by atoms with Gasteiger partial charge in [0.15, 0.2) is 0 Å². The van der Waals surface area contributed by atoms with E-state index in [1.54, 1.807) is 0 Å². The molecule has 0 unspecified atom stereocenters. The Labute approximate surface area is 62.3 Å². The zero-order valence-corrected chi connectivity index (χ0v) is 5.67. The van der Waals surface area contributed by atoms with Gasteiger partial charge in [0.2, 0.25) is 6.33 Å². The first-order valence-electron chi connectivity index (χ1n) is 2.89. The molecule has 0 aliphatic heterocycles. The van der Waals surface area contributed by atoms with Crippen molar-refractivity contribution in [2.45, 2.75) is 6.54 Å². The summed E-state index contributed by atoms with van der Waals surface area (Å²) in [7, 11) is 0. The molecule has 0 aromatic carbocycles. The highest BCUT2D eigenvalue weighted by Crippen LogP contribution is 2.03. The molecule has 0 N–H and O–H groups in total. The zero-order chi connectivity index (χ0) is 8.27. The highest BCUT2D eigenvalue weighted by molar-refractivity contribution is 5.01. The minimum Gasteiger partial charge on any atom is -0.390 e. The molecule has 0 amide bonds. The molecule has 11 heavy (non-hydrogen) atoms. The smallest absolute Gasteiger partial charge is 0.390 e. The number of hydrogen-bond donors (Lipinski definition) is 0. The summed E-state index contributed by atoms with van der Waals surface area (Å²) < 4.78 is 1.16. The van der Waals surface area contributed by atoms with Gasteiger partial charge in [-0.1, -0.05) is 22.7 Å². The van der Waals surface area contributed by atoms with Gasteiger partial charge in [0.05, 0.1) is 0 Å². The number of hydrogen-bond acceptors (Lipinski definition) is 4.